The van der Waals surface area contributed by atoms with Gasteiger partial charge in [0, 0.05) is 17.5 Å². The molecule has 0 N–H and O–H groups in total. The summed E-state index contributed by atoms with van der Waals surface area (Å²) < 4.78 is 67.7. The molecule has 8 heteroatoms. The molecule has 2 aliphatic heterocycles. The third-order valence-corrected chi connectivity index (χ3v) is 9.00. The van der Waals surface area contributed by atoms with E-state index in [2.05, 4.69) is 0 Å². The lowest BCUT2D eigenvalue weighted by molar-refractivity contribution is -0.0765. The van der Waals surface area contributed by atoms with E-state index in [0.29, 0.717) is 11.4 Å². The molecule has 162 valence electrons. The van der Waals surface area contributed by atoms with Crippen LogP contribution in [0.25, 0.3) is 0 Å². The van der Waals surface area contributed by atoms with Crippen molar-refractivity contribution in [3.63, 3.8) is 0 Å². The van der Waals surface area contributed by atoms with Crippen molar-refractivity contribution in [3.8, 4) is 5.75 Å². The van der Waals surface area contributed by atoms with Gasteiger partial charge in [0.05, 0.1) is 23.2 Å². The number of rotatable bonds is 5. The summed E-state index contributed by atoms with van der Waals surface area (Å²) in [5.74, 6) is -2.54. The lowest BCUT2D eigenvalue weighted by Crippen LogP contribution is -2.57. The highest BCUT2D eigenvalue weighted by molar-refractivity contribution is 7.92. The molecule has 1 fully saturated rings. The Morgan fingerprint density at radius 2 is 1.83 bits per heavy atom. The zero-order valence-corrected chi connectivity index (χ0v) is 18.1. The molecule has 1 unspecified atom stereocenters. The maximum atomic E-state index is 15.2. The van der Waals surface area contributed by atoms with E-state index in [0.717, 1.165) is 25.0 Å². The topological polar surface area (TPSA) is 52.6 Å². The number of halogens is 3. The summed E-state index contributed by atoms with van der Waals surface area (Å²) in [6, 6.07) is 7.71. The highest BCUT2D eigenvalue weighted by Gasteiger charge is 2.61. The van der Waals surface area contributed by atoms with Crippen LogP contribution < -0.4 is 4.74 Å². The summed E-state index contributed by atoms with van der Waals surface area (Å²) in [5, 5.41) is 0.389. The van der Waals surface area contributed by atoms with Crippen molar-refractivity contribution in [1.82, 2.24) is 0 Å². The summed E-state index contributed by atoms with van der Waals surface area (Å²) in [7, 11) is -4.14. The molecule has 0 radical (unpaired) electrons. The highest BCUT2D eigenvalue weighted by atomic mass is 35.5. The second-order valence-corrected chi connectivity index (χ2v) is 10.4. The zero-order chi connectivity index (χ0) is 21.5. The van der Waals surface area contributed by atoms with E-state index in [1.165, 1.54) is 24.3 Å². The van der Waals surface area contributed by atoms with Crippen molar-refractivity contribution in [2.75, 3.05) is 13.2 Å². The first-order valence-corrected chi connectivity index (χ1v) is 11.9. The Labute approximate surface area is 180 Å². The van der Waals surface area contributed by atoms with Crippen molar-refractivity contribution < 1.29 is 26.7 Å². The molecular formula is C22H23ClF2O4S. The van der Waals surface area contributed by atoms with Crippen LogP contribution in [0.3, 0.4) is 0 Å². The molecule has 0 amide bonds. The van der Waals surface area contributed by atoms with Crippen molar-refractivity contribution in [1.29, 1.82) is 0 Å². The van der Waals surface area contributed by atoms with Crippen LogP contribution in [-0.2, 0) is 19.3 Å². The molecule has 3 atom stereocenters. The van der Waals surface area contributed by atoms with Crippen molar-refractivity contribution in [2.24, 2.45) is 5.92 Å². The Balaban J connectivity index is 1.97. The van der Waals surface area contributed by atoms with Crippen LogP contribution in [0.5, 0.6) is 5.75 Å². The number of hydrogen-bond acceptors (Lipinski definition) is 4. The number of fused-ring (bicyclic) bond motifs is 3. The first-order valence-electron chi connectivity index (χ1n) is 10.1. The van der Waals surface area contributed by atoms with Crippen LogP contribution in [0.15, 0.2) is 41.3 Å². The van der Waals surface area contributed by atoms with Gasteiger partial charge in [-0.25, -0.2) is 17.2 Å². The van der Waals surface area contributed by atoms with Crippen LogP contribution in [0.2, 0.25) is 5.02 Å². The molecule has 2 aromatic rings. The largest absolute Gasteiger partial charge is 0.490 e. The molecule has 4 nitrogen and oxygen atoms in total. The first kappa shape index (κ1) is 21.5. The minimum Gasteiger partial charge on any atom is -0.490 e. The Morgan fingerprint density at radius 3 is 2.53 bits per heavy atom. The molecule has 30 heavy (non-hydrogen) atoms. The molecule has 2 heterocycles. The minimum atomic E-state index is -4.14. The number of hydrogen-bond donors (Lipinski definition) is 0. The van der Waals surface area contributed by atoms with Gasteiger partial charge in [-0.05, 0) is 49.2 Å². The Morgan fingerprint density at radius 1 is 1.13 bits per heavy atom. The lowest BCUT2D eigenvalue weighted by atomic mass is 9.75. The summed E-state index contributed by atoms with van der Waals surface area (Å²) in [6.45, 7) is 2.10. The molecule has 1 saturated heterocycles. The monoisotopic (exact) mass is 456 g/mol. The molecule has 0 aromatic heterocycles. The third kappa shape index (κ3) is 3.22. The SMILES string of the molecule is CCCC[C@H]1OCC[C@]2(S(=O)(=O)c3ccc(Cl)cc3)c3c(F)ccc(F)c3OCC12. The van der Waals surface area contributed by atoms with Gasteiger partial charge < -0.3 is 9.47 Å². The van der Waals surface area contributed by atoms with Gasteiger partial charge in [0.1, 0.15) is 10.6 Å². The van der Waals surface area contributed by atoms with E-state index in [4.69, 9.17) is 21.1 Å². The Bertz CT molecular complexity index is 1040. The number of ether oxygens (including phenoxy) is 2. The van der Waals surface area contributed by atoms with E-state index in [1.807, 2.05) is 6.92 Å². The lowest BCUT2D eigenvalue weighted by Gasteiger charge is -2.50. The van der Waals surface area contributed by atoms with E-state index in [9.17, 15) is 12.8 Å². The van der Waals surface area contributed by atoms with Crippen LogP contribution in [0, 0.1) is 17.6 Å². The molecule has 4 rings (SSSR count). The van der Waals surface area contributed by atoms with Gasteiger partial charge in [0.25, 0.3) is 0 Å². The van der Waals surface area contributed by atoms with Gasteiger partial charge in [-0.3, -0.25) is 0 Å². The molecular weight excluding hydrogens is 434 g/mol. The predicted octanol–water partition coefficient (Wildman–Crippen LogP) is 5.28. The summed E-state index contributed by atoms with van der Waals surface area (Å²) in [5.41, 5.74) is -0.224. The Kier molecular flexibility index (Phi) is 5.81. The number of benzene rings is 2. The molecule has 2 aromatic carbocycles. The van der Waals surface area contributed by atoms with Crippen molar-refractivity contribution in [2.45, 2.75) is 48.4 Å². The predicted molar refractivity (Wildman–Crippen MR) is 110 cm³/mol. The summed E-state index contributed by atoms with van der Waals surface area (Å²) >= 11 is 5.95. The fourth-order valence-corrected chi connectivity index (χ4v) is 7.21. The molecule has 2 aliphatic rings. The minimum absolute atomic E-state index is 0.0159. The summed E-state index contributed by atoms with van der Waals surface area (Å²) in [4.78, 5) is 0.0181. The quantitative estimate of drug-likeness (QED) is 0.614. The van der Waals surface area contributed by atoms with Gasteiger partial charge in [-0.1, -0.05) is 31.4 Å². The average molecular weight is 457 g/mol. The maximum absolute atomic E-state index is 15.2. The second-order valence-electron chi connectivity index (χ2n) is 7.80. The van der Waals surface area contributed by atoms with E-state index in [1.54, 1.807) is 0 Å². The standard InChI is InChI=1S/C22H23ClF2O4S/c1-2-3-4-19-16-13-29-21-18(25)10-9-17(24)20(21)22(16,11-12-28-19)30(26,27)15-7-5-14(23)6-8-15/h5-10,16,19H,2-4,11-13H2,1H3/t16?,19-,22-/m1/s1. The smallest absolute Gasteiger partial charge is 0.189 e. The number of unbranched alkanes of at least 4 members (excludes halogenated alkanes) is 1. The fourth-order valence-electron chi connectivity index (χ4n) is 4.74. The van der Waals surface area contributed by atoms with Crippen molar-refractivity contribution >= 4 is 21.4 Å². The van der Waals surface area contributed by atoms with Gasteiger partial charge in [-0.15, -0.1) is 0 Å². The number of sulfone groups is 1. The van der Waals surface area contributed by atoms with Crippen LogP contribution in [0.1, 0.15) is 38.2 Å². The van der Waals surface area contributed by atoms with Crippen LogP contribution in [0.4, 0.5) is 8.78 Å². The summed E-state index contributed by atoms with van der Waals surface area (Å²) in [6.07, 6.45) is 1.94. The average Bonchev–Trinajstić information content (AvgIpc) is 2.74. The first-order chi connectivity index (χ1) is 14.3. The fraction of sp³-hybridized carbons (Fsp3) is 0.455. The molecule has 0 saturated carbocycles. The van der Waals surface area contributed by atoms with Crippen LogP contribution in [-0.4, -0.2) is 27.7 Å². The van der Waals surface area contributed by atoms with Gasteiger partial charge in [0.2, 0.25) is 0 Å². The molecule has 0 spiro atoms. The van der Waals surface area contributed by atoms with Crippen molar-refractivity contribution in [3.05, 3.63) is 58.6 Å². The Hall–Kier alpha value is -1.70. The second kappa shape index (κ2) is 8.09. The van der Waals surface area contributed by atoms with Gasteiger partial charge >= 0.3 is 0 Å². The highest BCUT2D eigenvalue weighted by Crippen LogP contribution is 2.56. The molecule has 0 bridgehead atoms. The van der Waals surface area contributed by atoms with Crippen LogP contribution >= 0.6 is 11.6 Å². The molecule has 0 aliphatic carbocycles. The maximum Gasteiger partial charge on any atom is 0.189 e. The van der Waals surface area contributed by atoms with Gasteiger partial charge in [0.15, 0.2) is 21.4 Å². The van der Waals surface area contributed by atoms with E-state index < -0.39 is 38.2 Å². The van der Waals surface area contributed by atoms with E-state index >= 15 is 4.39 Å². The van der Waals surface area contributed by atoms with E-state index in [-0.39, 0.29) is 35.8 Å². The third-order valence-electron chi connectivity index (χ3n) is 6.19. The normalized spacial score (nSPS) is 25.9. The zero-order valence-electron chi connectivity index (χ0n) is 16.5. The van der Waals surface area contributed by atoms with Gasteiger partial charge in [-0.2, -0.15) is 0 Å².